The molecule has 0 spiro atoms. The molecule has 0 saturated carbocycles. The van der Waals surface area contributed by atoms with E-state index in [4.69, 9.17) is 9.47 Å². The Labute approximate surface area is 647 Å². The maximum Gasteiger partial charge on any atom is 0.128 e. The number of hydrogen-bond acceptors (Lipinski definition) is 2. The third-order valence-corrected chi connectivity index (χ3v) is 27.7. The van der Waals surface area contributed by atoms with Gasteiger partial charge in [-0.25, -0.2) is 0 Å². The van der Waals surface area contributed by atoms with E-state index in [1.165, 1.54) is 229 Å². The third kappa shape index (κ3) is 9.09. The van der Waals surface area contributed by atoms with Crippen molar-refractivity contribution in [2.75, 3.05) is 13.2 Å². The molecule has 530 valence electrons. The van der Waals surface area contributed by atoms with Crippen LogP contribution in [-0.2, 0) is 0 Å². The molecular weight excluding hydrogens is 1330 g/mol. The molecule has 0 radical (unpaired) electrons. The minimum Gasteiger partial charge on any atom is -0.493 e. The van der Waals surface area contributed by atoms with Crippen LogP contribution in [0.5, 0.6) is 11.5 Å². The van der Waals surface area contributed by atoms with E-state index in [9.17, 15) is 0 Å². The minimum atomic E-state index is -0.0605. The predicted molar refractivity (Wildman–Crippen MR) is 443 cm³/mol. The molecule has 0 aromatic heterocycles. The maximum atomic E-state index is 7.76. The van der Waals surface area contributed by atoms with Crippen LogP contribution in [0.4, 0.5) is 0 Å². The van der Waals surface area contributed by atoms with Crippen molar-refractivity contribution in [2.24, 2.45) is 0 Å². The van der Waals surface area contributed by atoms with Crippen molar-refractivity contribution in [1.82, 2.24) is 0 Å². The Morgan fingerprint density at radius 3 is 0.564 bits per heavy atom. The standard InChI is InChI=1S/C108H86O2/c1-3-5-7-9-11-33-61-109-107-103-95-77-47-25-17-39-69(77)91(70-40-18-26-48-78(70)95)99(103)85(100-92-71-41-19-27-49-79(71)96(104(100)107)80-50-28-20-42-72(80)92)59-57-63-55-56-64(88-87(63)89-65-35-13-15-37-67(65)90(88)68-38-16-14-36-66(68)89)58-60-86-101-93-73-43-21-29-51-81(73)97(82-52-30-22-44-74(82)93)105(101)108(110-62-34-12-10-8-6-4-2)106-98-83-53-31-23-45-75(83)94(102(86)106)76-46-24-32-54-84(76)98/h13-32,35-56,89-98H,3-12,33-34,61-62H2,1-2H3. The van der Waals surface area contributed by atoms with Crippen LogP contribution < -0.4 is 9.47 Å². The molecule has 0 fully saturated rings. The van der Waals surface area contributed by atoms with Gasteiger partial charge in [-0.1, -0.05) is 344 Å². The van der Waals surface area contributed by atoms with Gasteiger partial charge in [0.25, 0.3) is 0 Å². The number of unbranched alkanes of at least 4 members (excludes halogenated alkanes) is 10. The smallest absolute Gasteiger partial charge is 0.128 e. The van der Waals surface area contributed by atoms with Crippen molar-refractivity contribution in [3.05, 3.63) is 444 Å². The summed E-state index contributed by atoms with van der Waals surface area (Å²) in [4.78, 5) is 0. The summed E-state index contributed by atoms with van der Waals surface area (Å²) in [5.41, 5.74) is 45.6. The molecule has 0 atom stereocenters. The van der Waals surface area contributed by atoms with Crippen LogP contribution in [0.25, 0.3) is 0 Å². The molecule has 13 aromatic rings. The second kappa shape index (κ2) is 25.6. The molecule has 0 amide bonds. The molecule has 0 aliphatic heterocycles. The zero-order valence-electron chi connectivity index (χ0n) is 62.7. The molecule has 0 unspecified atom stereocenters. The van der Waals surface area contributed by atoms with Crippen molar-refractivity contribution >= 4 is 0 Å². The summed E-state index contributed by atoms with van der Waals surface area (Å²) in [6.07, 6.45) is 14.4. The van der Waals surface area contributed by atoms with Gasteiger partial charge in [0.15, 0.2) is 0 Å². The Hall–Kier alpha value is -11.4. The quantitative estimate of drug-likeness (QED) is 0.0709. The summed E-state index contributed by atoms with van der Waals surface area (Å²) in [6.45, 7) is 5.98. The Balaban J connectivity index is 0.779. The number of ether oxygens (including phenoxy) is 2. The lowest BCUT2D eigenvalue weighted by Gasteiger charge is -2.48. The van der Waals surface area contributed by atoms with Crippen LogP contribution in [0, 0.1) is 23.7 Å². The van der Waals surface area contributed by atoms with Crippen molar-refractivity contribution in [3.63, 3.8) is 0 Å². The zero-order valence-corrected chi connectivity index (χ0v) is 62.7. The third-order valence-electron chi connectivity index (χ3n) is 27.7. The molecule has 0 heterocycles. The highest BCUT2D eigenvalue weighted by molar-refractivity contribution is 5.86. The molecule has 2 nitrogen and oxygen atoms in total. The molecular formula is C108H86O2. The average Bonchev–Trinajstić information content (AvgIpc) is 0.671. The van der Waals surface area contributed by atoms with Gasteiger partial charge < -0.3 is 9.47 Å². The van der Waals surface area contributed by atoms with Gasteiger partial charge in [0.2, 0.25) is 0 Å². The lowest BCUT2D eigenvalue weighted by atomic mass is 9.54. The van der Waals surface area contributed by atoms with Crippen LogP contribution in [0.3, 0.4) is 0 Å². The van der Waals surface area contributed by atoms with Gasteiger partial charge in [0.05, 0.1) is 13.2 Å². The lowest BCUT2D eigenvalue weighted by molar-refractivity contribution is 0.295. The van der Waals surface area contributed by atoms with E-state index in [0.29, 0.717) is 13.2 Å². The van der Waals surface area contributed by atoms with Gasteiger partial charge in [0, 0.05) is 104 Å². The van der Waals surface area contributed by atoms with Crippen molar-refractivity contribution in [2.45, 2.75) is 150 Å². The fourth-order valence-corrected chi connectivity index (χ4v) is 23.5. The first-order valence-electron chi connectivity index (χ1n) is 41.5. The topological polar surface area (TPSA) is 18.5 Å². The van der Waals surface area contributed by atoms with E-state index < -0.39 is 0 Å². The molecule has 15 aliphatic carbocycles. The number of rotatable bonds is 16. The first-order chi connectivity index (χ1) is 54.7. The van der Waals surface area contributed by atoms with Crippen molar-refractivity contribution in [1.29, 1.82) is 0 Å². The number of hydrogen-bond donors (Lipinski definition) is 0. The highest BCUT2D eigenvalue weighted by atomic mass is 16.5. The van der Waals surface area contributed by atoms with Gasteiger partial charge in [-0.2, -0.15) is 0 Å². The minimum absolute atomic E-state index is 0.0162. The highest BCUT2D eigenvalue weighted by Crippen LogP contribution is 2.69. The fraction of sp³-hybridized carbons (Fsp3) is 0.241. The fourth-order valence-electron chi connectivity index (χ4n) is 23.5. The summed E-state index contributed by atoms with van der Waals surface area (Å²) >= 11 is 0. The Morgan fingerprint density at radius 1 is 0.191 bits per heavy atom. The summed E-state index contributed by atoms with van der Waals surface area (Å²) in [5, 5.41) is 0. The van der Waals surface area contributed by atoms with Crippen LogP contribution in [0.15, 0.2) is 255 Å². The summed E-state index contributed by atoms with van der Waals surface area (Å²) in [6, 6.07) is 98.6. The molecule has 0 saturated heterocycles. The van der Waals surface area contributed by atoms with Crippen LogP contribution in [0.1, 0.15) is 339 Å². The Morgan fingerprint density at radius 2 is 0.364 bits per heavy atom. The molecule has 0 N–H and O–H groups in total. The van der Waals surface area contributed by atoms with Gasteiger partial charge in [-0.3, -0.25) is 0 Å². The van der Waals surface area contributed by atoms with Crippen LogP contribution >= 0.6 is 0 Å². The van der Waals surface area contributed by atoms with Crippen LogP contribution in [-0.4, -0.2) is 13.2 Å². The van der Waals surface area contributed by atoms with Gasteiger partial charge in [-0.15, -0.1) is 0 Å². The first kappa shape index (κ1) is 64.6. The van der Waals surface area contributed by atoms with Crippen molar-refractivity contribution < 1.29 is 9.47 Å². The molecule has 15 aliphatic rings. The molecule has 110 heavy (non-hydrogen) atoms. The summed E-state index contributed by atoms with van der Waals surface area (Å²) < 4.78 is 15.5. The molecule has 2 heteroatoms. The molecule has 13 aromatic carbocycles. The van der Waals surface area contributed by atoms with E-state index in [2.05, 4.69) is 292 Å². The predicted octanol–water partition coefficient (Wildman–Crippen LogP) is 24.9. The van der Waals surface area contributed by atoms with Gasteiger partial charge in [-0.05, 0) is 170 Å². The molecule has 10 bridgehead atoms. The van der Waals surface area contributed by atoms with Gasteiger partial charge >= 0.3 is 0 Å². The first-order valence-corrected chi connectivity index (χ1v) is 41.5. The SMILES string of the molecule is CCCCCCCCOc1c2c(c(C#Cc3ccc(C#Cc4c5c(c(OCCCCCCCC)c6c4C4c7ccccc7C6c6ccccc64)C4c6ccccc6C5c5ccccc54)c4c3C3c5ccccc5C4c4ccccc43)c3c1C1c4ccccc4C3c3ccccc31)C1c3ccccc3C2c2ccccc21. The monoisotopic (exact) mass is 1410 g/mol. The second-order valence-corrected chi connectivity index (χ2v) is 33.1. The van der Waals surface area contributed by atoms with Crippen molar-refractivity contribution in [3.8, 4) is 35.2 Å². The second-order valence-electron chi connectivity index (χ2n) is 33.1. The Kier molecular flexibility index (Phi) is 15.0. The van der Waals surface area contributed by atoms with E-state index in [1.54, 1.807) is 0 Å². The Bertz CT molecular complexity index is 5340. The number of benzene rings is 13. The average molecular weight is 1420 g/mol. The zero-order chi connectivity index (χ0) is 72.4. The lowest BCUT2D eigenvalue weighted by Crippen LogP contribution is -2.34. The van der Waals surface area contributed by atoms with E-state index in [0.717, 1.165) is 48.3 Å². The van der Waals surface area contributed by atoms with E-state index in [1.807, 2.05) is 0 Å². The summed E-state index contributed by atoms with van der Waals surface area (Å²) in [7, 11) is 0. The van der Waals surface area contributed by atoms with E-state index in [-0.39, 0.29) is 59.2 Å². The molecule has 28 rings (SSSR count). The highest BCUT2D eigenvalue weighted by Gasteiger charge is 2.55. The normalized spacial score (nSPS) is 20.6. The maximum absolute atomic E-state index is 7.76. The van der Waals surface area contributed by atoms with E-state index >= 15 is 0 Å². The summed E-state index contributed by atoms with van der Waals surface area (Å²) in [5.74, 6) is 19.2. The van der Waals surface area contributed by atoms with Gasteiger partial charge in [0.1, 0.15) is 11.5 Å². The largest absolute Gasteiger partial charge is 0.493 e. The van der Waals surface area contributed by atoms with Crippen LogP contribution in [0.2, 0.25) is 0 Å².